The van der Waals surface area contributed by atoms with E-state index in [0.717, 1.165) is 5.56 Å². The second-order valence-electron chi connectivity index (χ2n) is 7.68. The van der Waals surface area contributed by atoms with Crippen LogP contribution in [0.1, 0.15) is 12.6 Å². The highest BCUT2D eigenvalue weighted by atomic mass is 19.1. The summed E-state index contributed by atoms with van der Waals surface area (Å²) in [5, 5.41) is 10.2. The predicted molar refractivity (Wildman–Crippen MR) is 126 cm³/mol. The fourth-order valence-corrected chi connectivity index (χ4v) is 3.65. The number of amides is 1. The van der Waals surface area contributed by atoms with Gasteiger partial charge in [0.15, 0.2) is 17.4 Å². The number of carbonyl (C=O) groups is 1. The zero-order valence-corrected chi connectivity index (χ0v) is 19.4. The summed E-state index contributed by atoms with van der Waals surface area (Å²) >= 11 is 0. The Morgan fingerprint density at radius 2 is 2.06 bits per heavy atom. The number of aromatic nitrogens is 4. The Morgan fingerprint density at radius 3 is 2.74 bits per heavy atom. The highest BCUT2D eigenvalue weighted by Crippen LogP contribution is 2.34. The molecular weight excluding hydrogens is 441 g/mol. The lowest BCUT2D eigenvalue weighted by molar-refractivity contribution is -0.118. The minimum atomic E-state index is -0.542. The molecule has 0 spiro atoms. The van der Waals surface area contributed by atoms with Gasteiger partial charge in [-0.05, 0) is 12.2 Å². The van der Waals surface area contributed by atoms with Crippen molar-refractivity contribution in [3.8, 4) is 22.8 Å². The number of hydrogen-bond acceptors (Lipinski definition) is 8. The van der Waals surface area contributed by atoms with Gasteiger partial charge in [0, 0.05) is 51.0 Å². The van der Waals surface area contributed by atoms with E-state index in [1.165, 1.54) is 27.2 Å². The standard InChI is InChI=1S/C23H26FN7O3/c1-14(32)25-7-8-31-21(28-18-9-16(33-3)10-20(34-4)22(18)24)6-5-17-23(31)29-19(12-26-17)15-11-27-30(2)13-15/h5-6,9-13,21,28H,7-8H2,1-4H3,(H,25,32). The fourth-order valence-electron chi connectivity index (χ4n) is 3.65. The van der Waals surface area contributed by atoms with Crippen LogP contribution in [0, 0.1) is 5.82 Å². The molecule has 1 unspecified atom stereocenters. The van der Waals surface area contributed by atoms with E-state index in [-0.39, 0.29) is 17.3 Å². The average Bonchev–Trinajstić information content (AvgIpc) is 3.27. The SMILES string of the molecule is COc1cc(NC2C=Cc3ncc(-c4cnn(C)c4)nc3N2CCNC(C)=O)c(F)c(OC)c1. The van der Waals surface area contributed by atoms with Crippen molar-refractivity contribution >= 4 is 23.5 Å². The lowest BCUT2D eigenvalue weighted by Gasteiger charge is -2.35. The number of nitrogens with one attached hydrogen (secondary N) is 2. The number of halogens is 1. The van der Waals surface area contributed by atoms with E-state index < -0.39 is 12.0 Å². The van der Waals surface area contributed by atoms with E-state index in [1.807, 2.05) is 30.3 Å². The number of carbonyl (C=O) groups excluding carboxylic acids is 1. The van der Waals surface area contributed by atoms with Crippen LogP contribution in [0.25, 0.3) is 17.3 Å². The minimum absolute atomic E-state index is 0.0606. The van der Waals surface area contributed by atoms with Crippen molar-refractivity contribution < 1.29 is 18.7 Å². The summed E-state index contributed by atoms with van der Waals surface area (Å²) in [5.74, 6) is 0.424. The fraction of sp³-hybridized carbons (Fsp3) is 0.304. The van der Waals surface area contributed by atoms with E-state index in [9.17, 15) is 4.79 Å². The van der Waals surface area contributed by atoms with Crippen LogP contribution in [-0.4, -0.2) is 59.1 Å². The molecule has 1 aromatic carbocycles. The molecule has 34 heavy (non-hydrogen) atoms. The molecule has 0 saturated heterocycles. The quantitative estimate of drug-likeness (QED) is 0.520. The van der Waals surface area contributed by atoms with Crippen molar-refractivity contribution in [1.82, 2.24) is 25.1 Å². The van der Waals surface area contributed by atoms with E-state index in [2.05, 4.69) is 20.7 Å². The van der Waals surface area contributed by atoms with Gasteiger partial charge in [-0.1, -0.05) is 0 Å². The Morgan fingerprint density at radius 1 is 1.24 bits per heavy atom. The maximum absolute atomic E-state index is 15.0. The lowest BCUT2D eigenvalue weighted by atomic mass is 10.1. The molecule has 3 heterocycles. The van der Waals surface area contributed by atoms with Crippen LogP contribution in [-0.2, 0) is 11.8 Å². The van der Waals surface area contributed by atoms with Crippen LogP contribution in [0.3, 0.4) is 0 Å². The number of nitrogens with zero attached hydrogens (tertiary/aromatic N) is 5. The molecule has 4 rings (SSSR count). The number of ether oxygens (including phenoxy) is 2. The van der Waals surface area contributed by atoms with Gasteiger partial charge in [-0.15, -0.1) is 0 Å². The summed E-state index contributed by atoms with van der Waals surface area (Å²) in [6.07, 6.45) is 8.46. The highest BCUT2D eigenvalue weighted by molar-refractivity contribution is 5.73. The van der Waals surface area contributed by atoms with Crippen LogP contribution in [0.15, 0.2) is 36.8 Å². The highest BCUT2D eigenvalue weighted by Gasteiger charge is 2.27. The summed E-state index contributed by atoms with van der Waals surface area (Å²) in [7, 11) is 4.73. The van der Waals surface area contributed by atoms with Crippen molar-refractivity contribution in [1.29, 1.82) is 0 Å². The summed E-state index contributed by atoms with van der Waals surface area (Å²) in [5.41, 5.74) is 2.34. The van der Waals surface area contributed by atoms with Gasteiger partial charge in [-0.25, -0.2) is 9.37 Å². The van der Waals surface area contributed by atoms with E-state index in [4.69, 9.17) is 14.5 Å². The number of fused-ring (bicyclic) bond motifs is 1. The minimum Gasteiger partial charge on any atom is -0.497 e. The smallest absolute Gasteiger partial charge is 0.216 e. The normalized spacial score (nSPS) is 14.5. The van der Waals surface area contributed by atoms with Gasteiger partial charge in [0.1, 0.15) is 17.6 Å². The Labute approximate surface area is 196 Å². The Bertz CT molecular complexity index is 1230. The Kier molecular flexibility index (Phi) is 6.62. The second-order valence-corrected chi connectivity index (χ2v) is 7.68. The molecule has 2 aromatic heterocycles. The van der Waals surface area contributed by atoms with Crippen molar-refractivity contribution in [2.75, 3.05) is 37.5 Å². The van der Waals surface area contributed by atoms with Crippen LogP contribution in [0.2, 0.25) is 0 Å². The van der Waals surface area contributed by atoms with Crippen LogP contribution in [0.5, 0.6) is 11.5 Å². The third-order valence-corrected chi connectivity index (χ3v) is 5.32. The third-order valence-electron chi connectivity index (χ3n) is 5.32. The van der Waals surface area contributed by atoms with Gasteiger partial charge in [0.05, 0.1) is 38.0 Å². The zero-order chi connectivity index (χ0) is 24.2. The molecule has 1 atom stereocenters. The number of methoxy groups -OCH3 is 2. The zero-order valence-electron chi connectivity index (χ0n) is 19.4. The molecule has 0 radical (unpaired) electrons. The summed E-state index contributed by atoms with van der Waals surface area (Å²) in [4.78, 5) is 22.8. The monoisotopic (exact) mass is 467 g/mol. The summed E-state index contributed by atoms with van der Waals surface area (Å²) < 4.78 is 27.2. The van der Waals surface area contributed by atoms with Crippen molar-refractivity contribution in [2.45, 2.75) is 13.1 Å². The van der Waals surface area contributed by atoms with Crippen molar-refractivity contribution in [3.05, 3.63) is 48.3 Å². The van der Waals surface area contributed by atoms with Crippen LogP contribution in [0.4, 0.5) is 15.9 Å². The Hall–Kier alpha value is -4.15. The molecule has 2 N–H and O–H groups in total. The molecule has 0 bridgehead atoms. The number of anilines is 2. The largest absolute Gasteiger partial charge is 0.497 e. The first-order valence-electron chi connectivity index (χ1n) is 10.6. The van der Waals surface area contributed by atoms with Gasteiger partial charge in [0.2, 0.25) is 5.91 Å². The lowest BCUT2D eigenvalue weighted by Crippen LogP contribution is -2.46. The van der Waals surface area contributed by atoms with Crippen molar-refractivity contribution in [2.24, 2.45) is 7.05 Å². The van der Waals surface area contributed by atoms with E-state index in [1.54, 1.807) is 23.1 Å². The first kappa shape index (κ1) is 23.0. The first-order valence-corrected chi connectivity index (χ1v) is 10.6. The molecule has 10 nitrogen and oxygen atoms in total. The summed E-state index contributed by atoms with van der Waals surface area (Å²) in [6, 6.07) is 3.04. The molecule has 0 fully saturated rings. The van der Waals surface area contributed by atoms with Gasteiger partial charge < -0.3 is 25.0 Å². The molecule has 11 heteroatoms. The number of benzene rings is 1. The predicted octanol–water partition coefficient (Wildman–Crippen LogP) is 2.44. The maximum atomic E-state index is 15.0. The molecule has 178 valence electrons. The molecule has 0 saturated carbocycles. The molecule has 1 aliphatic heterocycles. The number of hydrogen-bond donors (Lipinski definition) is 2. The first-order chi connectivity index (χ1) is 16.4. The van der Waals surface area contributed by atoms with Gasteiger partial charge in [0.25, 0.3) is 0 Å². The number of aryl methyl sites for hydroxylation is 1. The van der Waals surface area contributed by atoms with Gasteiger partial charge >= 0.3 is 0 Å². The molecular formula is C23H26FN7O3. The third kappa shape index (κ3) is 4.77. The molecule has 1 amide bonds. The average molecular weight is 468 g/mol. The molecule has 1 aliphatic rings. The molecule has 0 aliphatic carbocycles. The molecule has 3 aromatic rings. The van der Waals surface area contributed by atoms with E-state index >= 15 is 4.39 Å². The number of rotatable bonds is 8. The maximum Gasteiger partial charge on any atom is 0.216 e. The van der Waals surface area contributed by atoms with Crippen molar-refractivity contribution in [3.63, 3.8) is 0 Å². The topological polar surface area (TPSA) is 106 Å². The second kappa shape index (κ2) is 9.77. The van der Waals surface area contributed by atoms with Gasteiger partial charge in [-0.2, -0.15) is 5.10 Å². The Balaban J connectivity index is 1.70. The van der Waals surface area contributed by atoms with Crippen LogP contribution < -0.4 is 25.0 Å². The van der Waals surface area contributed by atoms with E-state index in [0.29, 0.717) is 36.0 Å². The summed E-state index contributed by atoms with van der Waals surface area (Å²) in [6.45, 7) is 2.23. The van der Waals surface area contributed by atoms with Gasteiger partial charge in [-0.3, -0.25) is 14.5 Å². The van der Waals surface area contributed by atoms with Crippen LogP contribution >= 0.6 is 0 Å².